The molecular formula is C17H13F3N2O. The molecule has 1 amide bonds. The first kappa shape index (κ1) is 15.1. The van der Waals surface area contributed by atoms with Crippen LogP contribution in [0.15, 0.2) is 54.1 Å². The molecule has 2 aromatic carbocycles. The second-order valence-electron chi connectivity index (χ2n) is 5.22. The van der Waals surface area contributed by atoms with Gasteiger partial charge in [-0.25, -0.2) is 0 Å². The highest BCUT2D eigenvalue weighted by Crippen LogP contribution is 2.36. The van der Waals surface area contributed by atoms with Crippen molar-refractivity contribution in [1.29, 1.82) is 0 Å². The highest BCUT2D eigenvalue weighted by Gasteiger charge is 2.30. The number of nitrogens with zero attached hydrogens (tertiary/aromatic N) is 1. The van der Waals surface area contributed by atoms with E-state index in [1.54, 1.807) is 11.0 Å². The van der Waals surface area contributed by atoms with E-state index in [1.807, 2.05) is 24.3 Å². The Morgan fingerprint density at radius 3 is 2.30 bits per heavy atom. The number of hydrogen-bond acceptors (Lipinski definition) is 2. The zero-order valence-corrected chi connectivity index (χ0v) is 12.0. The molecule has 0 unspecified atom stereocenters. The minimum atomic E-state index is -4.38. The molecule has 118 valence electrons. The van der Waals surface area contributed by atoms with Gasteiger partial charge in [-0.3, -0.25) is 4.79 Å². The quantitative estimate of drug-likeness (QED) is 0.917. The first-order valence-electron chi connectivity index (χ1n) is 6.90. The topological polar surface area (TPSA) is 46.3 Å². The largest absolute Gasteiger partial charge is 0.416 e. The Balaban J connectivity index is 2.02. The van der Waals surface area contributed by atoms with Gasteiger partial charge < -0.3 is 10.6 Å². The van der Waals surface area contributed by atoms with Crippen LogP contribution in [0.3, 0.4) is 0 Å². The first-order chi connectivity index (χ1) is 10.9. The number of fused-ring (bicyclic) bond motifs is 1. The smallest absolute Gasteiger partial charge is 0.366 e. The minimum Gasteiger partial charge on any atom is -0.366 e. The summed E-state index contributed by atoms with van der Waals surface area (Å²) in [7, 11) is 0. The van der Waals surface area contributed by atoms with Crippen LogP contribution in [0.1, 0.15) is 11.1 Å². The van der Waals surface area contributed by atoms with Crippen LogP contribution in [0.4, 0.5) is 24.5 Å². The Labute approximate surface area is 130 Å². The van der Waals surface area contributed by atoms with E-state index in [1.165, 1.54) is 12.1 Å². The molecule has 0 saturated heterocycles. The maximum Gasteiger partial charge on any atom is 0.416 e. The zero-order valence-electron chi connectivity index (χ0n) is 12.0. The monoisotopic (exact) mass is 318 g/mol. The Morgan fingerprint density at radius 1 is 1.04 bits per heavy atom. The van der Waals surface area contributed by atoms with Gasteiger partial charge in [0.05, 0.1) is 12.1 Å². The van der Waals surface area contributed by atoms with Gasteiger partial charge in [0.2, 0.25) is 5.91 Å². The van der Waals surface area contributed by atoms with Crippen molar-refractivity contribution < 1.29 is 18.0 Å². The molecule has 1 heterocycles. The van der Waals surface area contributed by atoms with Crippen molar-refractivity contribution in [3.63, 3.8) is 0 Å². The predicted octanol–water partition coefficient (Wildman–Crippen LogP) is 3.73. The van der Waals surface area contributed by atoms with Gasteiger partial charge in [0.25, 0.3) is 0 Å². The van der Waals surface area contributed by atoms with Gasteiger partial charge in [0.1, 0.15) is 0 Å². The van der Waals surface area contributed by atoms with E-state index in [0.29, 0.717) is 11.3 Å². The molecule has 0 bridgehead atoms. The molecule has 0 saturated carbocycles. The summed E-state index contributed by atoms with van der Waals surface area (Å²) in [5.41, 5.74) is 7.24. The van der Waals surface area contributed by atoms with E-state index in [-0.39, 0.29) is 6.54 Å². The van der Waals surface area contributed by atoms with E-state index in [4.69, 9.17) is 5.73 Å². The van der Waals surface area contributed by atoms with Gasteiger partial charge in [-0.05, 0) is 42.0 Å². The SMILES string of the molecule is NC(=O)C1=Cc2ccccc2N(c2ccc(C(F)(F)F)cc2)C1. The van der Waals surface area contributed by atoms with Crippen LogP contribution < -0.4 is 10.6 Å². The van der Waals surface area contributed by atoms with Crippen molar-refractivity contribution >= 4 is 23.4 Å². The lowest BCUT2D eigenvalue weighted by Gasteiger charge is -2.30. The molecule has 0 fully saturated rings. The van der Waals surface area contributed by atoms with Crippen molar-refractivity contribution in [2.75, 3.05) is 11.4 Å². The van der Waals surface area contributed by atoms with Gasteiger partial charge in [-0.1, -0.05) is 18.2 Å². The van der Waals surface area contributed by atoms with Crippen LogP contribution in [0, 0.1) is 0 Å². The summed E-state index contributed by atoms with van der Waals surface area (Å²) in [5.74, 6) is -0.545. The van der Waals surface area contributed by atoms with Crippen molar-refractivity contribution in [2.45, 2.75) is 6.18 Å². The van der Waals surface area contributed by atoms with E-state index < -0.39 is 17.6 Å². The summed E-state index contributed by atoms with van der Waals surface area (Å²) < 4.78 is 38.1. The molecule has 0 aromatic heterocycles. The molecule has 3 rings (SSSR count). The van der Waals surface area contributed by atoms with Crippen LogP contribution in [-0.4, -0.2) is 12.5 Å². The zero-order chi connectivity index (χ0) is 16.6. The van der Waals surface area contributed by atoms with Gasteiger partial charge in [-0.15, -0.1) is 0 Å². The van der Waals surface area contributed by atoms with Gasteiger partial charge in [0.15, 0.2) is 0 Å². The van der Waals surface area contributed by atoms with Gasteiger partial charge in [0, 0.05) is 16.9 Å². The summed E-state index contributed by atoms with van der Waals surface area (Å²) in [6, 6.07) is 12.2. The van der Waals surface area contributed by atoms with Crippen LogP contribution in [0.25, 0.3) is 6.08 Å². The third kappa shape index (κ3) is 2.92. The molecule has 0 atom stereocenters. The van der Waals surface area contributed by atoms with Crippen molar-refractivity contribution in [3.05, 3.63) is 65.2 Å². The summed E-state index contributed by atoms with van der Waals surface area (Å²) in [4.78, 5) is 13.3. The van der Waals surface area contributed by atoms with Crippen molar-refractivity contribution in [2.24, 2.45) is 5.73 Å². The lowest BCUT2D eigenvalue weighted by molar-refractivity contribution is -0.137. The number of halogens is 3. The molecule has 1 aliphatic rings. The average molecular weight is 318 g/mol. The second kappa shape index (κ2) is 5.46. The van der Waals surface area contributed by atoms with Gasteiger partial charge >= 0.3 is 6.18 Å². The number of carbonyl (C=O) groups excluding carboxylic acids is 1. The number of amides is 1. The van der Waals surface area contributed by atoms with E-state index in [2.05, 4.69) is 0 Å². The van der Waals surface area contributed by atoms with E-state index in [9.17, 15) is 18.0 Å². The number of benzene rings is 2. The molecule has 6 heteroatoms. The molecule has 0 radical (unpaired) electrons. The van der Waals surface area contributed by atoms with E-state index >= 15 is 0 Å². The molecule has 3 nitrogen and oxygen atoms in total. The lowest BCUT2D eigenvalue weighted by atomic mass is 10.0. The number of primary amides is 1. The highest BCUT2D eigenvalue weighted by molar-refractivity contribution is 6.00. The Morgan fingerprint density at radius 2 is 1.70 bits per heavy atom. The predicted molar refractivity (Wildman–Crippen MR) is 82.1 cm³/mol. The number of anilines is 2. The van der Waals surface area contributed by atoms with Crippen LogP contribution >= 0.6 is 0 Å². The third-order valence-corrected chi connectivity index (χ3v) is 3.71. The number of nitrogens with two attached hydrogens (primary N) is 1. The Hall–Kier alpha value is -2.76. The average Bonchev–Trinajstić information content (AvgIpc) is 2.53. The molecule has 23 heavy (non-hydrogen) atoms. The molecular weight excluding hydrogens is 305 g/mol. The molecule has 2 N–H and O–H groups in total. The molecule has 0 aliphatic carbocycles. The Kier molecular flexibility index (Phi) is 3.60. The fourth-order valence-corrected chi connectivity index (χ4v) is 2.55. The first-order valence-corrected chi connectivity index (χ1v) is 6.90. The Bertz CT molecular complexity index is 779. The number of carbonyl (C=O) groups is 1. The highest BCUT2D eigenvalue weighted by atomic mass is 19.4. The second-order valence-corrected chi connectivity index (χ2v) is 5.22. The van der Waals surface area contributed by atoms with Gasteiger partial charge in [-0.2, -0.15) is 13.2 Å². The van der Waals surface area contributed by atoms with Crippen LogP contribution in [0.5, 0.6) is 0 Å². The summed E-state index contributed by atoms with van der Waals surface area (Å²) in [6.45, 7) is 0.220. The number of hydrogen-bond donors (Lipinski definition) is 1. The van der Waals surface area contributed by atoms with Crippen molar-refractivity contribution in [1.82, 2.24) is 0 Å². The van der Waals surface area contributed by atoms with Crippen molar-refractivity contribution in [3.8, 4) is 0 Å². The fourth-order valence-electron chi connectivity index (χ4n) is 2.55. The maximum absolute atomic E-state index is 12.7. The summed E-state index contributed by atoms with van der Waals surface area (Å²) in [6.07, 6.45) is -2.67. The normalized spacial score (nSPS) is 14.2. The third-order valence-electron chi connectivity index (χ3n) is 3.71. The lowest BCUT2D eigenvalue weighted by Crippen LogP contribution is -2.29. The standard InChI is InChI=1S/C17H13F3N2O/c18-17(19,20)13-5-7-14(8-6-13)22-10-12(16(21)23)9-11-3-1-2-4-15(11)22/h1-9H,10H2,(H2,21,23). The number of para-hydroxylation sites is 1. The maximum atomic E-state index is 12.7. The molecule has 0 spiro atoms. The van der Waals surface area contributed by atoms with E-state index in [0.717, 1.165) is 23.4 Å². The number of alkyl halides is 3. The molecule has 2 aromatic rings. The van der Waals surface area contributed by atoms with Crippen LogP contribution in [-0.2, 0) is 11.0 Å². The van der Waals surface area contributed by atoms with Crippen LogP contribution in [0.2, 0.25) is 0 Å². The minimum absolute atomic E-state index is 0.220. The fraction of sp³-hybridized carbons (Fsp3) is 0.118. The molecule has 1 aliphatic heterocycles. The number of rotatable bonds is 2. The summed E-state index contributed by atoms with van der Waals surface area (Å²) in [5, 5.41) is 0. The summed E-state index contributed by atoms with van der Waals surface area (Å²) >= 11 is 0.